The molecule has 7 rings (SSSR count). The number of pyridine rings is 2. The predicted octanol–water partition coefficient (Wildman–Crippen LogP) is 2.82. The first kappa shape index (κ1) is 23.9. The van der Waals surface area contributed by atoms with Crippen molar-refractivity contribution < 1.29 is 14.6 Å². The van der Waals surface area contributed by atoms with E-state index in [9.17, 15) is 9.90 Å². The van der Waals surface area contributed by atoms with Crippen LogP contribution < -0.4 is 25.8 Å². The lowest BCUT2D eigenvalue weighted by Gasteiger charge is -2.47. The first-order valence-corrected chi connectivity index (χ1v) is 13.6. The number of aliphatic hydroxyl groups is 1. The summed E-state index contributed by atoms with van der Waals surface area (Å²) in [6.45, 7) is 1.56. The summed E-state index contributed by atoms with van der Waals surface area (Å²) in [5, 5.41) is 18.3. The highest BCUT2D eigenvalue weighted by Crippen LogP contribution is 2.41. The van der Waals surface area contributed by atoms with Gasteiger partial charge in [-0.2, -0.15) is 4.98 Å². The van der Waals surface area contributed by atoms with Crippen LogP contribution in [0.2, 0.25) is 5.02 Å². The number of fused-ring (bicyclic) bond motifs is 5. The van der Waals surface area contributed by atoms with E-state index in [0.717, 1.165) is 11.8 Å². The van der Waals surface area contributed by atoms with Crippen molar-refractivity contribution in [2.24, 2.45) is 13.0 Å². The highest BCUT2D eigenvalue weighted by Gasteiger charge is 2.40. The average molecular weight is 540 g/mol. The smallest absolute Gasteiger partial charge is 0.296 e. The molecule has 3 unspecified atom stereocenters. The quantitative estimate of drug-likeness (QED) is 0.455. The number of halogens is 1. The van der Waals surface area contributed by atoms with Gasteiger partial charge in [-0.05, 0) is 37.7 Å². The zero-order chi connectivity index (χ0) is 26.0. The monoisotopic (exact) mass is 539 g/mol. The minimum absolute atomic E-state index is 0.0103. The Morgan fingerprint density at radius 2 is 1.95 bits per heavy atom. The van der Waals surface area contributed by atoms with Crippen LogP contribution in [-0.2, 0) is 11.8 Å². The molecule has 2 bridgehead atoms. The van der Waals surface area contributed by atoms with E-state index in [-0.39, 0.29) is 29.8 Å². The van der Waals surface area contributed by atoms with E-state index in [0.29, 0.717) is 78.1 Å². The molecule has 3 fully saturated rings. The molecule has 3 aromatic heterocycles. The van der Waals surface area contributed by atoms with Crippen molar-refractivity contribution in [1.29, 1.82) is 0 Å². The molecule has 0 aromatic carbocycles. The van der Waals surface area contributed by atoms with Crippen LogP contribution in [0.25, 0.3) is 11.0 Å². The van der Waals surface area contributed by atoms with Gasteiger partial charge in [-0.1, -0.05) is 11.6 Å². The van der Waals surface area contributed by atoms with Crippen molar-refractivity contribution in [2.75, 3.05) is 35.4 Å². The van der Waals surface area contributed by atoms with Crippen LogP contribution in [0.1, 0.15) is 32.1 Å². The van der Waals surface area contributed by atoms with Crippen LogP contribution >= 0.6 is 11.6 Å². The fraction of sp³-hybridized carbons (Fsp3) is 0.538. The molecule has 6 heterocycles. The molecule has 0 radical (unpaired) electrons. The molecular weight excluding hydrogens is 510 g/mol. The van der Waals surface area contributed by atoms with Crippen LogP contribution in [0.4, 0.5) is 23.1 Å². The molecule has 3 atom stereocenters. The van der Waals surface area contributed by atoms with Gasteiger partial charge in [0.15, 0.2) is 5.82 Å². The lowest BCUT2D eigenvalue weighted by molar-refractivity contribution is 0.000353. The maximum Gasteiger partial charge on any atom is 0.296 e. The SMILES string of the molecule is Cn1c(=O)c2c(c3cc(Nc4nc(N5C6COCC5CC(O)C6)ncc4Cl)cnc31)NC(C1CC1)CCO2. The fourth-order valence-electron chi connectivity index (χ4n) is 6.05. The molecule has 1 aliphatic carbocycles. The van der Waals surface area contributed by atoms with Crippen molar-refractivity contribution in [3.8, 4) is 5.75 Å². The molecule has 12 heteroatoms. The highest BCUT2D eigenvalue weighted by molar-refractivity contribution is 6.32. The van der Waals surface area contributed by atoms with Gasteiger partial charge in [0.05, 0.1) is 61.8 Å². The summed E-state index contributed by atoms with van der Waals surface area (Å²) in [5.41, 5.74) is 1.75. The summed E-state index contributed by atoms with van der Waals surface area (Å²) in [7, 11) is 1.71. The van der Waals surface area contributed by atoms with Crippen LogP contribution in [0, 0.1) is 5.92 Å². The van der Waals surface area contributed by atoms with Crippen LogP contribution in [-0.4, -0.2) is 68.7 Å². The van der Waals surface area contributed by atoms with Gasteiger partial charge in [-0.15, -0.1) is 0 Å². The second-order valence-electron chi connectivity index (χ2n) is 10.8. The van der Waals surface area contributed by atoms with Crippen molar-refractivity contribution in [3.63, 3.8) is 0 Å². The maximum absolute atomic E-state index is 13.1. The summed E-state index contributed by atoms with van der Waals surface area (Å²) in [6, 6.07) is 2.24. The zero-order valence-corrected chi connectivity index (χ0v) is 21.8. The van der Waals surface area contributed by atoms with Gasteiger partial charge in [0.2, 0.25) is 11.7 Å². The molecule has 3 aliphatic heterocycles. The van der Waals surface area contributed by atoms with Crippen LogP contribution in [0.5, 0.6) is 5.75 Å². The largest absolute Gasteiger partial charge is 0.486 e. The minimum atomic E-state index is -0.345. The molecule has 2 saturated heterocycles. The van der Waals surface area contributed by atoms with Crippen molar-refractivity contribution in [1.82, 2.24) is 19.5 Å². The predicted molar refractivity (Wildman–Crippen MR) is 144 cm³/mol. The maximum atomic E-state index is 13.1. The Balaban J connectivity index is 1.25. The number of aromatic nitrogens is 4. The summed E-state index contributed by atoms with van der Waals surface area (Å²) in [5.74, 6) is 1.95. The van der Waals surface area contributed by atoms with Gasteiger partial charge >= 0.3 is 0 Å². The number of rotatable bonds is 4. The lowest BCUT2D eigenvalue weighted by Crippen LogP contribution is -2.59. The van der Waals surface area contributed by atoms with E-state index in [1.165, 1.54) is 17.4 Å². The second-order valence-corrected chi connectivity index (χ2v) is 11.2. The third kappa shape index (κ3) is 4.13. The van der Waals surface area contributed by atoms with Crippen LogP contribution in [0.15, 0.2) is 23.3 Å². The molecule has 200 valence electrons. The minimum Gasteiger partial charge on any atom is -0.486 e. The average Bonchev–Trinajstić information content (AvgIpc) is 3.75. The lowest BCUT2D eigenvalue weighted by atomic mass is 9.92. The Labute approximate surface area is 224 Å². The molecule has 0 amide bonds. The second kappa shape index (κ2) is 9.25. The first-order chi connectivity index (χ1) is 18.5. The topological polar surface area (TPSA) is 127 Å². The molecule has 38 heavy (non-hydrogen) atoms. The van der Waals surface area contributed by atoms with E-state index in [1.807, 2.05) is 6.07 Å². The van der Waals surface area contributed by atoms with Gasteiger partial charge in [0, 0.05) is 24.9 Å². The Hall–Kier alpha value is -3.15. The van der Waals surface area contributed by atoms with E-state index < -0.39 is 0 Å². The molecule has 3 aromatic rings. The Bertz CT molecular complexity index is 1450. The number of morpholine rings is 1. The number of hydrogen-bond acceptors (Lipinski definition) is 10. The molecule has 11 nitrogen and oxygen atoms in total. The number of hydrogen-bond donors (Lipinski definition) is 3. The molecule has 1 saturated carbocycles. The summed E-state index contributed by atoms with van der Waals surface area (Å²) >= 11 is 6.52. The van der Waals surface area contributed by atoms with Gasteiger partial charge in [-0.3, -0.25) is 9.36 Å². The molecule has 4 aliphatic rings. The summed E-state index contributed by atoms with van der Waals surface area (Å²) in [4.78, 5) is 29.1. The van der Waals surface area contributed by atoms with Crippen molar-refractivity contribution >= 4 is 45.8 Å². The number of aryl methyl sites for hydroxylation is 1. The third-order valence-corrected chi connectivity index (χ3v) is 8.37. The molecule has 3 N–H and O–H groups in total. The van der Waals surface area contributed by atoms with Gasteiger partial charge in [0.1, 0.15) is 10.7 Å². The van der Waals surface area contributed by atoms with Crippen molar-refractivity contribution in [2.45, 2.75) is 56.3 Å². The van der Waals surface area contributed by atoms with Crippen molar-refractivity contribution in [3.05, 3.63) is 33.8 Å². The Morgan fingerprint density at radius 1 is 1.16 bits per heavy atom. The zero-order valence-electron chi connectivity index (χ0n) is 21.1. The van der Waals surface area contributed by atoms with Gasteiger partial charge in [-0.25, -0.2) is 9.97 Å². The molecule has 0 spiro atoms. The Kier molecular flexibility index (Phi) is 5.82. The third-order valence-electron chi connectivity index (χ3n) is 8.10. The van der Waals surface area contributed by atoms with Crippen LogP contribution in [0.3, 0.4) is 0 Å². The van der Waals surface area contributed by atoms with E-state index in [2.05, 4.69) is 25.5 Å². The fourth-order valence-corrected chi connectivity index (χ4v) is 6.19. The van der Waals surface area contributed by atoms with E-state index in [1.54, 1.807) is 19.4 Å². The normalized spacial score (nSPS) is 26.8. The highest BCUT2D eigenvalue weighted by atomic mass is 35.5. The number of ether oxygens (including phenoxy) is 2. The van der Waals surface area contributed by atoms with Gasteiger partial charge in [0.25, 0.3) is 5.56 Å². The van der Waals surface area contributed by atoms with E-state index >= 15 is 0 Å². The van der Waals surface area contributed by atoms with Gasteiger partial charge < -0.3 is 30.1 Å². The number of piperidine rings is 1. The number of nitrogens with one attached hydrogen (secondary N) is 2. The summed E-state index contributed by atoms with van der Waals surface area (Å²) < 4.78 is 13.2. The first-order valence-electron chi connectivity index (χ1n) is 13.2. The number of nitrogens with zero attached hydrogens (tertiary/aromatic N) is 5. The Morgan fingerprint density at radius 3 is 2.71 bits per heavy atom. The molecular formula is C26H30ClN7O4. The summed E-state index contributed by atoms with van der Waals surface area (Å²) in [6.07, 6.45) is 7.38. The number of aliphatic hydroxyl groups excluding tert-OH is 1. The standard InChI is InChI=1S/C26H30ClN7O4/c1-33-24-18(21-22(25(33)36)38-5-4-20(31-21)13-2-3-13)6-14(9-28-24)30-23-19(27)10-29-26(32-23)34-15-7-17(35)8-16(34)12-37-11-15/h6,9-10,13,15-17,20,31,35H,2-5,7-8,11-12H2,1H3,(H,29,30,32). The van der Waals surface area contributed by atoms with E-state index in [4.69, 9.17) is 26.1 Å². The number of anilines is 4.